The van der Waals surface area contributed by atoms with Gasteiger partial charge in [-0.1, -0.05) is 0 Å². The van der Waals surface area contributed by atoms with Crippen molar-refractivity contribution in [1.29, 1.82) is 0 Å². The summed E-state index contributed by atoms with van der Waals surface area (Å²) in [6.07, 6.45) is 1.17. The fourth-order valence-electron chi connectivity index (χ4n) is 2.13. The highest BCUT2D eigenvalue weighted by molar-refractivity contribution is 7.53. The van der Waals surface area contributed by atoms with E-state index < -0.39 is 36.5 Å². The van der Waals surface area contributed by atoms with Crippen LogP contribution < -0.4 is 0 Å². The molecule has 2 amide bonds. The molecule has 0 bridgehead atoms. The van der Waals surface area contributed by atoms with E-state index in [2.05, 4.69) is 4.99 Å². The molecule has 2 heterocycles. The molecule has 8 heteroatoms. The molecule has 2 N–H and O–H groups in total. The van der Waals surface area contributed by atoms with Crippen molar-refractivity contribution in [2.24, 2.45) is 16.8 Å². The molecule has 1 saturated heterocycles. The van der Waals surface area contributed by atoms with Gasteiger partial charge in [-0.2, -0.15) is 0 Å². The van der Waals surface area contributed by atoms with Crippen LogP contribution in [0.25, 0.3) is 0 Å². The highest BCUT2D eigenvalue weighted by Crippen LogP contribution is 2.60. The maximum absolute atomic E-state index is 11.7. The van der Waals surface area contributed by atoms with Crippen molar-refractivity contribution in [3.63, 3.8) is 0 Å². The van der Waals surface area contributed by atoms with E-state index in [4.69, 9.17) is 0 Å². The molecule has 0 aromatic heterocycles. The van der Waals surface area contributed by atoms with Crippen molar-refractivity contribution in [3.8, 4) is 0 Å². The number of aliphatic imine (C=N–C) groups is 1. The van der Waals surface area contributed by atoms with E-state index in [0.717, 1.165) is 4.90 Å². The summed E-state index contributed by atoms with van der Waals surface area (Å²) >= 11 is 0. The predicted octanol–water partition coefficient (Wildman–Crippen LogP) is -0.804. The van der Waals surface area contributed by atoms with E-state index in [0.29, 0.717) is 0 Å². The third kappa shape index (κ3) is 1.16. The number of rotatable bonds is 1. The van der Waals surface area contributed by atoms with Crippen LogP contribution in [0.4, 0.5) is 0 Å². The average molecular weight is 246 g/mol. The summed E-state index contributed by atoms with van der Waals surface area (Å²) in [4.78, 5) is 46.4. The molecule has 0 aromatic rings. The Hall–Kier alpha value is -1.04. The second-order valence-electron chi connectivity index (χ2n) is 4.16. The second-order valence-corrected chi connectivity index (χ2v) is 6.15. The monoisotopic (exact) mass is 246 g/mol. The molecule has 1 fully saturated rings. The maximum Gasteiger partial charge on any atom is 0.353 e. The molecule has 16 heavy (non-hydrogen) atoms. The molecule has 2 aliphatic heterocycles. The Labute approximate surface area is 91.3 Å². The molecule has 88 valence electrons. The molecule has 0 saturated carbocycles. The van der Waals surface area contributed by atoms with Crippen LogP contribution in [-0.2, 0) is 14.2 Å². The minimum absolute atomic E-state index is 0.462. The average Bonchev–Trinajstić information content (AvgIpc) is 2.61. The first kappa shape index (κ1) is 11.4. The molecular weight excluding hydrogens is 235 g/mol. The molecule has 0 aromatic carbocycles. The normalized spacial score (nSPS) is 38.4. The van der Waals surface area contributed by atoms with Crippen molar-refractivity contribution in [1.82, 2.24) is 4.90 Å². The van der Waals surface area contributed by atoms with E-state index in [1.54, 1.807) is 0 Å². The lowest BCUT2D eigenvalue weighted by molar-refractivity contribution is -0.138. The molecule has 2 aliphatic rings. The second kappa shape index (κ2) is 3.00. The van der Waals surface area contributed by atoms with Crippen molar-refractivity contribution in [2.75, 3.05) is 7.05 Å². The Morgan fingerprint density at radius 2 is 2.00 bits per heavy atom. The van der Waals surface area contributed by atoms with Crippen LogP contribution >= 0.6 is 7.60 Å². The van der Waals surface area contributed by atoms with E-state index >= 15 is 0 Å². The van der Waals surface area contributed by atoms with Gasteiger partial charge in [0.15, 0.2) is 5.28 Å². The summed E-state index contributed by atoms with van der Waals surface area (Å²) in [7, 11) is -3.28. The number of imide groups is 1. The van der Waals surface area contributed by atoms with Gasteiger partial charge in [0.1, 0.15) is 0 Å². The number of hydrogen-bond acceptors (Lipinski definition) is 4. The number of carbonyl (C=O) groups excluding carboxylic acids is 2. The Balaban J connectivity index is 2.51. The van der Waals surface area contributed by atoms with E-state index in [1.807, 2.05) is 0 Å². The van der Waals surface area contributed by atoms with E-state index in [-0.39, 0.29) is 0 Å². The SMILES string of the molecule is CN1C(=O)C2C=NC(C)(P(=O)(O)O)C2C1=O. The number of hydrogen-bond donors (Lipinski definition) is 2. The minimum Gasteiger partial charge on any atom is -0.323 e. The van der Waals surface area contributed by atoms with Crippen LogP contribution in [0.15, 0.2) is 4.99 Å². The number of likely N-dealkylation sites (tertiary alicyclic amines) is 1. The van der Waals surface area contributed by atoms with Gasteiger partial charge in [-0.15, -0.1) is 0 Å². The van der Waals surface area contributed by atoms with Crippen molar-refractivity contribution in [3.05, 3.63) is 0 Å². The zero-order valence-corrected chi connectivity index (χ0v) is 9.59. The first-order chi connectivity index (χ1) is 7.20. The van der Waals surface area contributed by atoms with Crippen LogP contribution in [-0.4, -0.2) is 45.0 Å². The van der Waals surface area contributed by atoms with Gasteiger partial charge in [0.25, 0.3) is 0 Å². The van der Waals surface area contributed by atoms with Gasteiger partial charge in [0, 0.05) is 13.3 Å². The van der Waals surface area contributed by atoms with Crippen LogP contribution in [0.3, 0.4) is 0 Å². The van der Waals surface area contributed by atoms with Crippen LogP contribution in [0.2, 0.25) is 0 Å². The number of amides is 2. The highest BCUT2D eigenvalue weighted by Gasteiger charge is 2.64. The van der Waals surface area contributed by atoms with E-state index in [9.17, 15) is 23.9 Å². The van der Waals surface area contributed by atoms with Crippen LogP contribution in [0, 0.1) is 11.8 Å². The minimum atomic E-state index is -4.58. The zero-order chi connectivity index (χ0) is 12.3. The molecule has 3 unspecified atom stereocenters. The first-order valence-corrected chi connectivity index (χ1v) is 6.24. The van der Waals surface area contributed by atoms with Crippen molar-refractivity contribution < 1.29 is 23.9 Å². The van der Waals surface area contributed by atoms with Gasteiger partial charge in [-0.25, -0.2) is 0 Å². The zero-order valence-electron chi connectivity index (χ0n) is 8.69. The Morgan fingerprint density at radius 3 is 2.50 bits per heavy atom. The molecule has 3 atom stereocenters. The summed E-state index contributed by atoms with van der Waals surface area (Å²) in [5.41, 5.74) is 0. The fourth-order valence-corrected chi connectivity index (χ4v) is 2.98. The summed E-state index contributed by atoms with van der Waals surface area (Å²) in [6.45, 7) is 1.21. The van der Waals surface area contributed by atoms with Gasteiger partial charge in [0.2, 0.25) is 11.8 Å². The third-order valence-corrected chi connectivity index (χ3v) is 4.82. The lowest BCUT2D eigenvalue weighted by atomic mass is 9.93. The summed E-state index contributed by atoms with van der Waals surface area (Å²) in [5.74, 6) is -2.96. The third-order valence-electron chi connectivity index (χ3n) is 3.25. The van der Waals surface area contributed by atoms with Crippen molar-refractivity contribution >= 4 is 25.6 Å². The Kier molecular flexibility index (Phi) is 2.15. The highest BCUT2D eigenvalue weighted by atomic mass is 31.2. The number of carbonyl (C=O) groups is 2. The lowest BCUT2D eigenvalue weighted by Crippen LogP contribution is -2.37. The molecule has 7 nitrogen and oxygen atoms in total. The Morgan fingerprint density at radius 1 is 1.44 bits per heavy atom. The standard InChI is InChI=1S/C8H11N2O5P/c1-8(16(13,14)15)5-4(3-9-8)6(11)10(2)7(5)12/h3-5H,1-2H3,(H2,13,14,15). The van der Waals surface area contributed by atoms with Crippen LogP contribution in [0.1, 0.15) is 6.92 Å². The maximum atomic E-state index is 11.7. The predicted molar refractivity (Wildman–Crippen MR) is 53.7 cm³/mol. The fraction of sp³-hybridized carbons (Fsp3) is 0.625. The molecule has 0 spiro atoms. The first-order valence-electron chi connectivity index (χ1n) is 4.62. The van der Waals surface area contributed by atoms with Gasteiger partial charge in [0.05, 0.1) is 11.8 Å². The summed E-state index contributed by atoms with van der Waals surface area (Å²) < 4.78 is 11.4. The lowest BCUT2D eigenvalue weighted by Gasteiger charge is -2.27. The van der Waals surface area contributed by atoms with Gasteiger partial charge in [-0.3, -0.25) is 24.0 Å². The summed E-state index contributed by atoms with van der Waals surface area (Å²) in [6, 6.07) is 0. The summed E-state index contributed by atoms with van der Waals surface area (Å²) in [5, 5.41) is -1.81. The molecule has 0 aliphatic carbocycles. The largest absolute Gasteiger partial charge is 0.353 e. The molecule has 2 rings (SSSR count). The molecule has 0 radical (unpaired) electrons. The van der Waals surface area contributed by atoms with E-state index in [1.165, 1.54) is 20.2 Å². The van der Waals surface area contributed by atoms with Crippen molar-refractivity contribution in [2.45, 2.75) is 12.2 Å². The molecular formula is C8H11N2O5P. The van der Waals surface area contributed by atoms with Gasteiger partial charge >= 0.3 is 7.60 Å². The van der Waals surface area contributed by atoms with Crippen LogP contribution in [0.5, 0.6) is 0 Å². The number of nitrogens with zero attached hydrogens (tertiary/aromatic N) is 2. The number of fused-ring (bicyclic) bond motifs is 1. The van der Waals surface area contributed by atoms with Gasteiger partial charge < -0.3 is 9.79 Å². The topological polar surface area (TPSA) is 107 Å². The van der Waals surface area contributed by atoms with Gasteiger partial charge in [-0.05, 0) is 6.92 Å². The Bertz CT molecular complexity index is 455. The smallest absolute Gasteiger partial charge is 0.323 e. The quantitative estimate of drug-likeness (QED) is 0.465.